The lowest BCUT2D eigenvalue weighted by molar-refractivity contribution is -0.117. The molecule has 0 aliphatic carbocycles. The number of carbonyl (C=O) groups is 1. The van der Waals surface area contributed by atoms with Crippen LogP contribution in [0.15, 0.2) is 24.3 Å². The Bertz CT molecular complexity index is 362. The van der Waals surface area contributed by atoms with Gasteiger partial charge in [0.25, 0.3) is 0 Å². The normalized spacial score (nSPS) is 14.8. The van der Waals surface area contributed by atoms with Crippen LogP contribution >= 0.6 is 0 Å². The van der Waals surface area contributed by atoms with E-state index in [1.54, 1.807) is 0 Å². The third-order valence-corrected chi connectivity index (χ3v) is 2.83. The van der Waals surface area contributed by atoms with Crippen LogP contribution < -0.4 is 10.6 Å². The maximum Gasteiger partial charge on any atom is 0.219 e. The molecule has 0 radical (unpaired) electrons. The van der Waals surface area contributed by atoms with Gasteiger partial charge < -0.3 is 10.6 Å². The maximum absolute atomic E-state index is 10.7. The summed E-state index contributed by atoms with van der Waals surface area (Å²) in [5, 5.41) is 0. The Hall–Kier alpha value is -1.51. The number of aryl methyl sites for hydroxylation is 1. The number of para-hydroxylation sites is 1. The van der Waals surface area contributed by atoms with Crippen molar-refractivity contribution in [1.82, 2.24) is 0 Å². The molecule has 1 aromatic carbocycles. The second kappa shape index (κ2) is 4.34. The highest BCUT2D eigenvalue weighted by Gasteiger charge is 2.15. The van der Waals surface area contributed by atoms with Crippen molar-refractivity contribution in [3.63, 3.8) is 0 Å². The molecule has 1 aliphatic rings. The van der Waals surface area contributed by atoms with Gasteiger partial charge in [0.15, 0.2) is 0 Å². The first-order valence-electron chi connectivity index (χ1n) is 5.38. The van der Waals surface area contributed by atoms with Crippen molar-refractivity contribution in [2.45, 2.75) is 19.3 Å². The van der Waals surface area contributed by atoms with Crippen LogP contribution in [0.1, 0.15) is 18.4 Å². The lowest BCUT2D eigenvalue weighted by Crippen LogP contribution is -2.32. The Morgan fingerprint density at radius 1 is 1.40 bits per heavy atom. The summed E-state index contributed by atoms with van der Waals surface area (Å²) in [6.45, 7) is 1.77. The first kappa shape index (κ1) is 10.0. The molecule has 0 fully saturated rings. The fraction of sp³-hybridized carbons (Fsp3) is 0.417. The SMILES string of the molecule is NC(=O)CCN1CCCc2ccccc21. The minimum absolute atomic E-state index is 0.224. The van der Waals surface area contributed by atoms with Crippen LogP contribution in [0.3, 0.4) is 0 Å². The van der Waals surface area contributed by atoms with Gasteiger partial charge in [0, 0.05) is 25.2 Å². The van der Waals surface area contributed by atoms with E-state index in [1.807, 2.05) is 6.07 Å². The van der Waals surface area contributed by atoms with Crippen LogP contribution in [-0.2, 0) is 11.2 Å². The number of rotatable bonds is 3. The van der Waals surface area contributed by atoms with E-state index in [0.29, 0.717) is 6.42 Å². The molecule has 3 nitrogen and oxygen atoms in total. The Labute approximate surface area is 89.9 Å². The predicted molar refractivity (Wildman–Crippen MR) is 60.8 cm³/mol. The number of anilines is 1. The van der Waals surface area contributed by atoms with E-state index in [1.165, 1.54) is 11.3 Å². The minimum Gasteiger partial charge on any atom is -0.371 e. The van der Waals surface area contributed by atoms with E-state index in [2.05, 4.69) is 23.1 Å². The molecule has 0 atom stereocenters. The number of amides is 1. The third kappa shape index (κ3) is 2.29. The van der Waals surface area contributed by atoms with E-state index >= 15 is 0 Å². The summed E-state index contributed by atoms with van der Waals surface area (Å²) in [6, 6.07) is 8.39. The highest BCUT2D eigenvalue weighted by Crippen LogP contribution is 2.26. The lowest BCUT2D eigenvalue weighted by atomic mass is 10.0. The molecular weight excluding hydrogens is 188 g/mol. The van der Waals surface area contributed by atoms with Gasteiger partial charge in [-0.2, -0.15) is 0 Å². The van der Waals surface area contributed by atoms with Crippen molar-refractivity contribution in [1.29, 1.82) is 0 Å². The summed E-state index contributed by atoms with van der Waals surface area (Å²) >= 11 is 0. The zero-order valence-electron chi connectivity index (χ0n) is 8.78. The molecule has 1 aromatic rings. The van der Waals surface area contributed by atoms with Crippen molar-refractivity contribution in [2.24, 2.45) is 5.73 Å². The monoisotopic (exact) mass is 204 g/mol. The number of fused-ring (bicyclic) bond motifs is 1. The van der Waals surface area contributed by atoms with Gasteiger partial charge in [0.2, 0.25) is 5.91 Å². The molecule has 1 amide bonds. The van der Waals surface area contributed by atoms with Gasteiger partial charge in [-0.3, -0.25) is 4.79 Å². The molecule has 0 bridgehead atoms. The van der Waals surface area contributed by atoms with Crippen molar-refractivity contribution < 1.29 is 4.79 Å². The fourth-order valence-corrected chi connectivity index (χ4v) is 2.09. The average molecular weight is 204 g/mol. The molecule has 0 saturated heterocycles. The van der Waals surface area contributed by atoms with Crippen LogP contribution in [0, 0.1) is 0 Å². The van der Waals surface area contributed by atoms with Gasteiger partial charge in [-0.1, -0.05) is 18.2 Å². The van der Waals surface area contributed by atoms with E-state index in [0.717, 1.165) is 25.9 Å². The van der Waals surface area contributed by atoms with Gasteiger partial charge in [-0.05, 0) is 24.5 Å². The highest BCUT2D eigenvalue weighted by atomic mass is 16.1. The third-order valence-electron chi connectivity index (χ3n) is 2.83. The quantitative estimate of drug-likeness (QED) is 0.807. The Morgan fingerprint density at radius 2 is 2.20 bits per heavy atom. The summed E-state index contributed by atoms with van der Waals surface area (Å²) in [7, 11) is 0. The lowest BCUT2D eigenvalue weighted by Gasteiger charge is -2.30. The molecule has 2 rings (SSSR count). The van der Waals surface area contributed by atoms with Crippen LogP contribution in [0.5, 0.6) is 0 Å². The molecule has 0 spiro atoms. The molecule has 0 unspecified atom stereocenters. The molecule has 15 heavy (non-hydrogen) atoms. The largest absolute Gasteiger partial charge is 0.371 e. The van der Waals surface area contributed by atoms with Gasteiger partial charge >= 0.3 is 0 Å². The van der Waals surface area contributed by atoms with Gasteiger partial charge in [-0.15, -0.1) is 0 Å². The molecular formula is C12H16N2O. The van der Waals surface area contributed by atoms with Crippen LogP contribution in [-0.4, -0.2) is 19.0 Å². The Morgan fingerprint density at radius 3 is 3.00 bits per heavy atom. The number of hydrogen-bond donors (Lipinski definition) is 1. The highest BCUT2D eigenvalue weighted by molar-refractivity contribution is 5.74. The van der Waals surface area contributed by atoms with E-state index in [9.17, 15) is 4.79 Å². The summed E-state index contributed by atoms with van der Waals surface area (Å²) < 4.78 is 0. The second-order valence-electron chi connectivity index (χ2n) is 3.94. The fourth-order valence-electron chi connectivity index (χ4n) is 2.09. The Kier molecular flexibility index (Phi) is 2.90. The number of nitrogens with two attached hydrogens (primary N) is 1. The second-order valence-corrected chi connectivity index (χ2v) is 3.94. The summed E-state index contributed by atoms with van der Waals surface area (Å²) in [4.78, 5) is 13.0. The van der Waals surface area contributed by atoms with E-state index < -0.39 is 0 Å². The van der Waals surface area contributed by atoms with Gasteiger partial charge in [0.1, 0.15) is 0 Å². The molecule has 2 N–H and O–H groups in total. The van der Waals surface area contributed by atoms with Crippen molar-refractivity contribution in [3.8, 4) is 0 Å². The van der Waals surface area contributed by atoms with Crippen LogP contribution in [0.2, 0.25) is 0 Å². The minimum atomic E-state index is -0.224. The molecule has 80 valence electrons. The van der Waals surface area contributed by atoms with Gasteiger partial charge in [-0.25, -0.2) is 0 Å². The standard InChI is InChI=1S/C12H16N2O/c13-12(15)7-9-14-8-3-5-10-4-1-2-6-11(10)14/h1-2,4,6H,3,5,7-9H2,(H2,13,15). The smallest absolute Gasteiger partial charge is 0.219 e. The average Bonchev–Trinajstić information content (AvgIpc) is 2.26. The predicted octanol–water partition coefficient (Wildman–Crippen LogP) is 1.31. The van der Waals surface area contributed by atoms with E-state index in [4.69, 9.17) is 5.73 Å². The van der Waals surface area contributed by atoms with Crippen LogP contribution in [0.4, 0.5) is 5.69 Å². The zero-order valence-corrected chi connectivity index (χ0v) is 8.78. The van der Waals surface area contributed by atoms with Crippen molar-refractivity contribution in [2.75, 3.05) is 18.0 Å². The number of nitrogens with zero attached hydrogens (tertiary/aromatic N) is 1. The van der Waals surface area contributed by atoms with E-state index in [-0.39, 0.29) is 5.91 Å². The maximum atomic E-state index is 10.7. The van der Waals surface area contributed by atoms with Crippen molar-refractivity contribution >= 4 is 11.6 Å². The van der Waals surface area contributed by atoms with Crippen LogP contribution in [0.25, 0.3) is 0 Å². The zero-order chi connectivity index (χ0) is 10.7. The first-order chi connectivity index (χ1) is 7.27. The number of carbonyl (C=O) groups excluding carboxylic acids is 1. The Balaban J connectivity index is 2.11. The summed E-state index contributed by atoms with van der Waals surface area (Å²) in [6.07, 6.45) is 2.74. The number of hydrogen-bond acceptors (Lipinski definition) is 2. The first-order valence-corrected chi connectivity index (χ1v) is 5.38. The van der Waals surface area contributed by atoms with Crippen molar-refractivity contribution in [3.05, 3.63) is 29.8 Å². The summed E-state index contributed by atoms with van der Waals surface area (Å²) in [5.41, 5.74) is 7.82. The number of benzene rings is 1. The molecule has 0 aromatic heterocycles. The molecule has 1 aliphatic heterocycles. The number of primary amides is 1. The topological polar surface area (TPSA) is 46.3 Å². The molecule has 0 saturated carbocycles. The summed E-state index contributed by atoms with van der Waals surface area (Å²) in [5.74, 6) is -0.224. The molecule has 1 heterocycles. The van der Waals surface area contributed by atoms with Gasteiger partial charge in [0.05, 0.1) is 0 Å². The molecule has 3 heteroatoms.